The third kappa shape index (κ3) is 8.75. The predicted molar refractivity (Wildman–Crippen MR) is 103 cm³/mol. The van der Waals surface area contributed by atoms with Gasteiger partial charge in [-0.25, -0.2) is 0 Å². The van der Waals surface area contributed by atoms with Gasteiger partial charge in [-0.3, -0.25) is 0 Å². The largest absolute Gasteiger partial charge is 1.00 e. The van der Waals surface area contributed by atoms with Crippen LogP contribution in [0.5, 0.6) is 5.75 Å². The minimum absolute atomic E-state index is 0. The summed E-state index contributed by atoms with van der Waals surface area (Å²) in [5.74, 6) is 0.826. The molecule has 2 aromatic carbocycles. The first-order valence-electron chi connectivity index (χ1n) is 8.25. The van der Waals surface area contributed by atoms with E-state index in [4.69, 9.17) is 4.74 Å². The summed E-state index contributed by atoms with van der Waals surface area (Å²) in [7, 11) is 6.56. The number of hydrogen-bond donors (Lipinski definition) is 2. The van der Waals surface area contributed by atoms with Gasteiger partial charge in [-0.2, -0.15) is 0 Å². The fraction of sp³-hybridized carbons (Fsp3) is 0.474. The van der Waals surface area contributed by atoms with Gasteiger partial charge >= 0.3 is 0 Å². The number of ether oxygens (including phenoxy) is 1. The number of nitrogens with one attached hydrogen (secondary N) is 1. The SMILES string of the molecule is C[N+](C)(C)CCCNCC(O)COc1cccc2ccccc12.Cl.[Cl-]. The molecule has 2 aromatic rings. The highest BCUT2D eigenvalue weighted by atomic mass is 35.5. The van der Waals surface area contributed by atoms with Crippen LogP contribution in [0, 0.1) is 0 Å². The van der Waals surface area contributed by atoms with Crippen molar-refractivity contribution in [2.45, 2.75) is 12.5 Å². The van der Waals surface area contributed by atoms with Crippen molar-refractivity contribution in [2.75, 3.05) is 47.4 Å². The van der Waals surface area contributed by atoms with E-state index >= 15 is 0 Å². The summed E-state index contributed by atoms with van der Waals surface area (Å²) >= 11 is 0. The number of aliphatic hydroxyl groups excluding tert-OH is 1. The van der Waals surface area contributed by atoms with Crippen LogP contribution in [-0.2, 0) is 0 Å². The van der Waals surface area contributed by atoms with E-state index in [1.54, 1.807) is 0 Å². The molecule has 0 aliphatic carbocycles. The number of aliphatic hydroxyl groups is 1. The number of fused-ring (bicyclic) bond motifs is 1. The fourth-order valence-electron chi connectivity index (χ4n) is 2.51. The zero-order valence-corrected chi connectivity index (χ0v) is 16.8. The van der Waals surface area contributed by atoms with Crippen molar-refractivity contribution in [2.24, 2.45) is 0 Å². The minimum Gasteiger partial charge on any atom is -1.00 e. The molecule has 0 spiro atoms. The Hall–Kier alpha value is -1.04. The van der Waals surface area contributed by atoms with Gasteiger partial charge < -0.3 is 32.1 Å². The summed E-state index contributed by atoms with van der Waals surface area (Å²) in [5.41, 5.74) is 0. The maximum atomic E-state index is 10.1. The Morgan fingerprint density at radius 3 is 2.48 bits per heavy atom. The molecule has 0 aliphatic rings. The first-order valence-corrected chi connectivity index (χ1v) is 8.25. The molecule has 0 aliphatic heterocycles. The Bertz CT molecular complexity index is 612. The van der Waals surface area contributed by atoms with Crippen molar-refractivity contribution in [1.29, 1.82) is 0 Å². The van der Waals surface area contributed by atoms with E-state index in [2.05, 4.69) is 38.6 Å². The van der Waals surface area contributed by atoms with Gasteiger partial charge in [0.25, 0.3) is 0 Å². The van der Waals surface area contributed by atoms with Crippen LogP contribution in [-0.4, -0.2) is 63.1 Å². The Kier molecular flexibility index (Phi) is 11.1. The summed E-state index contributed by atoms with van der Waals surface area (Å²) in [6.45, 7) is 2.90. The van der Waals surface area contributed by atoms with Gasteiger partial charge in [0, 0.05) is 24.9 Å². The second kappa shape index (κ2) is 11.6. The predicted octanol–water partition coefficient (Wildman–Crippen LogP) is -0.309. The van der Waals surface area contributed by atoms with Crippen LogP contribution in [0.4, 0.5) is 0 Å². The molecule has 2 rings (SSSR count). The van der Waals surface area contributed by atoms with E-state index in [1.165, 1.54) is 0 Å². The van der Waals surface area contributed by atoms with Crippen LogP contribution >= 0.6 is 12.4 Å². The Labute approximate surface area is 163 Å². The molecular formula is C19H30Cl2N2O2. The van der Waals surface area contributed by atoms with Crippen LogP contribution in [0.1, 0.15) is 6.42 Å². The fourth-order valence-corrected chi connectivity index (χ4v) is 2.51. The van der Waals surface area contributed by atoms with Crippen molar-refractivity contribution in [3.8, 4) is 5.75 Å². The molecule has 1 unspecified atom stereocenters. The topological polar surface area (TPSA) is 41.5 Å². The number of hydrogen-bond acceptors (Lipinski definition) is 3. The zero-order valence-electron chi connectivity index (χ0n) is 15.2. The van der Waals surface area contributed by atoms with Gasteiger partial charge in [0.05, 0.1) is 27.7 Å². The molecule has 0 aromatic heterocycles. The molecule has 4 nitrogen and oxygen atoms in total. The minimum atomic E-state index is -0.502. The standard InChI is InChI=1S/C19H29N2O2.2ClH/c1-21(2,3)13-7-12-20-14-17(22)15-23-19-11-6-9-16-8-4-5-10-18(16)19;;/h4-6,8-11,17,20,22H,7,12-15H2,1-3H3;2*1H/q+1;;/p-1. The van der Waals surface area contributed by atoms with Gasteiger partial charge in [-0.1, -0.05) is 36.4 Å². The van der Waals surface area contributed by atoms with E-state index in [-0.39, 0.29) is 24.8 Å². The molecule has 0 fully saturated rings. The first kappa shape index (κ1) is 24.0. The number of quaternary nitrogens is 1. The summed E-state index contributed by atoms with van der Waals surface area (Å²) in [4.78, 5) is 0. The van der Waals surface area contributed by atoms with Gasteiger partial charge in [-0.05, 0) is 11.5 Å². The summed E-state index contributed by atoms with van der Waals surface area (Å²) in [5, 5.41) is 15.6. The molecule has 6 heteroatoms. The lowest BCUT2D eigenvalue weighted by molar-refractivity contribution is -0.870. The van der Waals surface area contributed by atoms with Crippen molar-refractivity contribution < 1.29 is 26.7 Å². The Balaban J connectivity index is 0.00000288. The van der Waals surface area contributed by atoms with Crippen LogP contribution in [0.25, 0.3) is 10.8 Å². The Morgan fingerprint density at radius 1 is 1.08 bits per heavy atom. The number of nitrogens with zero attached hydrogens (tertiary/aromatic N) is 1. The molecule has 0 heterocycles. The monoisotopic (exact) mass is 388 g/mol. The number of benzene rings is 2. The van der Waals surface area contributed by atoms with Gasteiger partial charge in [0.15, 0.2) is 0 Å². The third-order valence-electron chi connectivity index (χ3n) is 3.74. The second-order valence-corrected chi connectivity index (χ2v) is 7.01. The summed E-state index contributed by atoms with van der Waals surface area (Å²) in [6.07, 6.45) is 0.596. The average molecular weight is 389 g/mol. The molecule has 0 saturated heterocycles. The van der Waals surface area contributed by atoms with Crippen LogP contribution in [0.15, 0.2) is 42.5 Å². The molecule has 0 bridgehead atoms. The first-order chi connectivity index (χ1) is 11.0. The molecule has 1 atom stereocenters. The molecule has 25 heavy (non-hydrogen) atoms. The molecule has 142 valence electrons. The molecule has 0 amide bonds. The van der Waals surface area contributed by atoms with Gasteiger partial charge in [-0.15, -0.1) is 12.4 Å². The van der Waals surface area contributed by atoms with Gasteiger partial charge in [0.2, 0.25) is 0 Å². The lowest BCUT2D eigenvalue weighted by atomic mass is 10.1. The van der Waals surface area contributed by atoms with E-state index in [0.29, 0.717) is 13.2 Å². The maximum absolute atomic E-state index is 10.1. The van der Waals surface area contributed by atoms with E-state index in [0.717, 1.165) is 40.5 Å². The third-order valence-corrected chi connectivity index (χ3v) is 3.74. The highest BCUT2D eigenvalue weighted by molar-refractivity contribution is 5.88. The molecule has 0 saturated carbocycles. The average Bonchev–Trinajstić information content (AvgIpc) is 2.51. The second-order valence-electron chi connectivity index (χ2n) is 7.01. The molecule has 2 N–H and O–H groups in total. The van der Waals surface area contributed by atoms with Crippen molar-refractivity contribution in [3.63, 3.8) is 0 Å². The zero-order chi connectivity index (χ0) is 16.7. The normalized spacial score (nSPS) is 12.2. The quantitative estimate of drug-likeness (QED) is 0.457. The van der Waals surface area contributed by atoms with E-state index < -0.39 is 6.10 Å². The molecule has 0 radical (unpaired) electrons. The van der Waals surface area contributed by atoms with Crippen LogP contribution < -0.4 is 22.5 Å². The number of rotatable bonds is 9. The number of halogens is 2. The lowest BCUT2D eigenvalue weighted by Gasteiger charge is -2.23. The maximum Gasteiger partial charge on any atom is 0.127 e. The van der Waals surface area contributed by atoms with Crippen molar-refractivity contribution in [3.05, 3.63) is 42.5 Å². The summed E-state index contributed by atoms with van der Waals surface area (Å²) < 4.78 is 6.77. The molecular weight excluding hydrogens is 359 g/mol. The highest BCUT2D eigenvalue weighted by Crippen LogP contribution is 2.25. The highest BCUT2D eigenvalue weighted by Gasteiger charge is 2.08. The lowest BCUT2D eigenvalue weighted by Crippen LogP contribution is -3.00. The summed E-state index contributed by atoms with van der Waals surface area (Å²) in [6, 6.07) is 14.1. The Morgan fingerprint density at radius 2 is 1.76 bits per heavy atom. The van der Waals surface area contributed by atoms with Crippen LogP contribution in [0.3, 0.4) is 0 Å². The van der Waals surface area contributed by atoms with Crippen molar-refractivity contribution >= 4 is 23.2 Å². The van der Waals surface area contributed by atoms with Gasteiger partial charge in [0.1, 0.15) is 18.5 Å². The van der Waals surface area contributed by atoms with Crippen LogP contribution in [0.2, 0.25) is 0 Å². The van der Waals surface area contributed by atoms with E-state index in [9.17, 15) is 5.11 Å². The van der Waals surface area contributed by atoms with E-state index in [1.807, 2.05) is 30.3 Å². The smallest absolute Gasteiger partial charge is 0.127 e. The van der Waals surface area contributed by atoms with Crippen molar-refractivity contribution in [1.82, 2.24) is 5.32 Å².